The van der Waals surface area contributed by atoms with E-state index in [9.17, 15) is 14.0 Å². The lowest BCUT2D eigenvalue weighted by atomic mass is 10.1. The highest BCUT2D eigenvalue weighted by Crippen LogP contribution is 2.31. The molecule has 1 atom stereocenters. The topological polar surface area (TPSA) is 70.7 Å². The lowest BCUT2D eigenvalue weighted by Crippen LogP contribution is -2.36. The van der Waals surface area contributed by atoms with E-state index >= 15 is 0 Å². The summed E-state index contributed by atoms with van der Waals surface area (Å²) in [5.74, 6) is -1.25. The first-order valence-electron chi connectivity index (χ1n) is 9.00. The number of amides is 2. The summed E-state index contributed by atoms with van der Waals surface area (Å²) in [6.45, 7) is 9.94. The molecule has 0 radical (unpaired) electrons. The zero-order chi connectivity index (χ0) is 20.4. The van der Waals surface area contributed by atoms with Crippen molar-refractivity contribution in [2.24, 2.45) is 5.92 Å². The van der Waals surface area contributed by atoms with Crippen LogP contribution < -0.4 is 10.6 Å². The Bertz CT molecular complexity index is 719. The minimum absolute atomic E-state index is 0.0727. The molecule has 150 valence electrons. The zero-order valence-electron chi connectivity index (χ0n) is 16.4. The lowest BCUT2D eigenvalue weighted by molar-refractivity contribution is -0.119. The summed E-state index contributed by atoms with van der Waals surface area (Å²) < 4.78 is 20.4. The van der Waals surface area contributed by atoms with Gasteiger partial charge in [0.1, 0.15) is 17.1 Å². The van der Waals surface area contributed by atoms with E-state index < -0.39 is 23.4 Å². The summed E-state index contributed by atoms with van der Waals surface area (Å²) in [4.78, 5) is 26.3. The molecule has 1 aliphatic heterocycles. The van der Waals surface area contributed by atoms with Gasteiger partial charge in [-0.25, -0.2) is 9.18 Å². The van der Waals surface area contributed by atoms with Crippen LogP contribution in [0.5, 0.6) is 0 Å². The molecular weight excluding hydrogens is 417 g/mol. The van der Waals surface area contributed by atoms with Gasteiger partial charge in [0.2, 0.25) is 5.91 Å². The maximum atomic E-state index is 14.4. The Kier molecular flexibility index (Phi) is 6.72. The van der Waals surface area contributed by atoms with E-state index in [2.05, 4.69) is 26.6 Å². The van der Waals surface area contributed by atoms with Gasteiger partial charge < -0.3 is 20.3 Å². The monoisotopic (exact) mass is 443 g/mol. The third-order valence-electron chi connectivity index (χ3n) is 3.96. The SMILES string of the molecule is CC(C)Nc1cc(Br)cc(F)c1NC(=O)[C@@H]1CCN(C(=O)OC(C)(C)C)C1. The molecular formula is C19H27BrFN3O3. The van der Waals surface area contributed by atoms with Crippen molar-refractivity contribution in [3.63, 3.8) is 0 Å². The predicted octanol–water partition coefficient (Wildman–Crippen LogP) is 4.60. The maximum Gasteiger partial charge on any atom is 0.410 e. The molecule has 0 aliphatic carbocycles. The van der Waals surface area contributed by atoms with E-state index in [1.54, 1.807) is 26.8 Å². The van der Waals surface area contributed by atoms with Crippen LogP contribution in [0.15, 0.2) is 16.6 Å². The number of halogens is 2. The molecule has 1 heterocycles. The molecule has 1 fully saturated rings. The van der Waals surface area contributed by atoms with Gasteiger partial charge in [0.05, 0.1) is 11.6 Å². The maximum absolute atomic E-state index is 14.4. The van der Waals surface area contributed by atoms with Crippen molar-refractivity contribution in [2.75, 3.05) is 23.7 Å². The number of hydrogen-bond donors (Lipinski definition) is 2. The summed E-state index contributed by atoms with van der Waals surface area (Å²) in [5, 5.41) is 5.82. The second-order valence-corrected chi connectivity index (χ2v) is 8.93. The molecule has 2 N–H and O–H groups in total. The van der Waals surface area contributed by atoms with Crippen LogP contribution in [0.25, 0.3) is 0 Å². The van der Waals surface area contributed by atoms with E-state index in [0.717, 1.165) is 0 Å². The Morgan fingerprint density at radius 1 is 1.33 bits per heavy atom. The second kappa shape index (κ2) is 8.46. The molecule has 2 amide bonds. The number of ether oxygens (including phenoxy) is 1. The Labute approximate surface area is 167 Å². The van der Waals surface area contributed by atoms with Crippen molar-refractivity contribution in [3.8, 4) is 0 Å². The highest BCUT2D eigenvalue weighted by Gasteiger charge is 2.34. The van der Waals surface area contributed by atoms with Gasteiger partial charge in [-0.2, -0.15) is 0 Å². The van der Waals surface area contributed by atoms with Crippen molar-refractivity contribution in [1.29, 1.82) is 0 Å². The van der Waals surface area contributed by atoms with Crippen LogP contribution in [0.3, 0.4) is 0 Å². The molecule has 6 nitrogen and oxygen atoms in total. The Balaban J connectivity index is 2.07. The molecule has 1 saturated heterocycles. The Morgan fingerprint density at radius 3 is 2.59 bits per heavy atom. The number of hydrogen-bond acceptors (Lipinski definition) is 4. The van der Waals surface area contributed by atoms with Crippen LogP contribution in [0.4, 0.5) is 20.6 Å². The normalized spacial score (nSPS) is 17.2. The fourth-order valence-corrected chi connectivity index (χ4v) is 3.25. The van der Waals surface area contributed by atoms with Crippen molar-refractivity contribution in [1.82, 2.24) is 4.90 Å². The third-order valence-corrected chi connectivity index (χ3v) is 4.42. The molecule has 1 aromatic carbocycles. The standard InChI is InChI=1S/C19H27BrFN3O3/c1-11(2)22-15-9-13(20)8-14(21)16(15)23-17(25)12-6-7-24(10-12)18(26)27-19(3,4)5/h8-9,11-12,22H,6-7,10H2,1-5H3,(H,23,25)/t12-/m1/s1. The number of carbonyl (C=O) groups excluding carboxylic acids is 2. The molecule has 0 saturated carbocycles. The van der Waals surface area contributed by atoms with Gasteiger partial charge in [-0.1, -0.05) is 15.9 Å². The summed E-state index contributed by atoms with van der Waals surface area (Å²) in [5.41, 5.74) is 0.0370. The highest BCUT2D eigenvalue weighted by atomic mass is 79.9. The molecule has 1 aromatic rings. The minimum Gasteiger partial charge on any atom is -0.444 e. The van der Waals surface area contributed by atoms with E-state index in [1.807, 2.05) is 13.8 Å². The Hall–Kier alpha value is -1.83. The van der Waals surface area contributed by atoms with Crippen LogP contribution >= 0.6 is 15.9 Å². The molecule has 2 rings (SSSR count). The van der Waals surface area contributed by atoms with Gasteiger partial charge in [0.25, 0.3) is 0 Å². The van der Waals surface area contributed by atoms with Gasteiger partial charge in [-0.15, -0.1) is 0 Å². The minimum atomic E-state index is -0.588. The molecule has 1 aliphatic rings. The average molecular weight is 444 g/mol. The van der Waals surface area contributed by atoms with Crippen molar-refractivity contribution in [3.05, 3.63) is 22.4 Å². The first-order chi connectivity index (χ1) is 12.5. The molecule has 0 unspecified atom stereocenters. The quantitative estimate of drug-likeness (QED) is 0.712. The van der Waals surface area contributed by atoms with Gasteiger partial charge in [0, 0.05) is 23.6 Å². The van der Waals surface area contributed by atoms with Crippen LogP contribution in [-0.2, 0) is 9.53 Å². The van der Waals surface area contributed by atoms with Crippen LogP contribution in [-0.4, -0.2) is 41.6 Å². The number of rotatable bonds is 4. The van der Waals surface area contributed by atoms with Crippen LogP contribution in [0.1, 0.15) is 41.0 Å². The summed E-state index contributed by atoms with van der Waals surface area (Å²) in [6, 6.07) is 3.10. The summed E-state index contributed by atoms with van der Waals surface area (Å²) in [6.07, 6.45) is 0.0747. The fraction of sp³-hybridized carbons (Fsp3) is 0.579. The first-order valence-corrected chi connectivity index (χ1v) is 9.80. The van der Waals surface area contributed by atoms with Crippen molar-refractivity contribution < 1.29 is 18.7 Å². The smallest absolute Gasteiger partial charge is 0.410 e. The zero-order valence-corrected chi connectivity index (χ0v) is 17.9. The van der Waals surface area contributed by atoms with Gasteiger partial charge >= 0.3 is 6.09 Å². The van der Waals surface area contributed by atoms with Gasteiger partial charge in [-0.3, -0.25) is 4.79 Å². The van der Waals surface area contributed by atoms with E-state index in [-0.39, 0.29) is 24.2 Å². The van der Waals surface area contributed by atoms with E-state index in [4.69, 9.17) is 4.74 Å². The van der Waals surface area contributed by atoms with Gasteiger partial charge in [-0.05, 0) is 53.2 Å². The van der Waals surface area contributed by atoms with Crippen LogP contribution in [0.2, 0.25) is 0 Å². The molecule has 0 bridgehead atoms. The number of carbonyl (C=O) groups is 2. The van der Waals surface area contributed by atoms with E-state index in [0.29, 0.717) is 23.1 Å². The second-order valence-electron chi connectivity index (χ2n) is 8.01. The summed E-state index contributed by atoms with van der Waals surface area (Å²) >= 11 is 3.27. The number of nitrogens with one attached hydrogen (secondary N) is 2. The van der Waals surface area contributed by atoms with Crippen molar-refractivity contribution in [2.45, 2.75) is 52.7 Å². The first kappa shape index (κ1) is 21.5. The van der Waals surface area contributed by atoms with Crippen molar-refractivity contribution >= 4 is 39.3 Å². The number of benzene rings is 1. The molecule has 8 heteroatoms. The van der Waals surface area contributed by atoms with E-state index in [1.165, 1.54) is 11.0 Å². The molecule has 27 heavy (non-hydrogen) atoms. The largest absolute Gasteiger partial charge is 0.444 e. The molecule has 0 aromatic heterocycles. The number of nitrogens with zero attached hydrogens (tertiary/aromatic N) is 1. The number of anilines is 2. The molecule has 0 spiro atoms. The van der Waals surface area contributed by atoms with Gasteiger partial charge in [0.15, 0.2) is 0 Å². The van der Waals surface area contributed by atoms with Crippen LogP contribution in [0, 0.1) is 11.7 Å². The third kappa shape index (κ3) is 6.09. The summed E-state index contributed by atoms with van der Waals surface area (Å²) in [7, 11) is 0. The lowest BCUT2D eigenvalue weighted by Gasteiger charge is -2.24. The fourth-order valence-electron chi connectivity index (χ4n) is 2.82. The highest BCUT2D eigenvalue weighted by molar-refractivity contribution is 9.10. The number of likely N-dealkylation sites (tertiary alicyclic amines) is 1. The predicted molar refractivity (Wildman–Crippen MR) is 107 cm³/mol. The Morgan fingerprint density at radius 2 is 2.00 bits per heavy atom. The average Bonchev–Trinajstić information content (AvgIpc) is 2.98.